The molecule has 0 fully saturated rings. The highest BCUT2D eigenvalue weighted by molar-refractivity contribution is 5.76. The van der Waals surface area contributed by atoms with Crippen molar-refractivity contribution < 1.29 is 4.79 Å². The van der Waals surface area contributed by atoms with Crippen LogP contribution in [0.1, 0.15) is 40.5 Å². The second kappa shape index (κ2) is 4.37. The van der Waals surface area contributed by atoms with E-state index >= 15 is 0 Å². The maximum absolute atomic E-state index is 11.1. The summed E-state index contributed by atoms with van der Waals surface area (Å²) in [5, 5.41) is 2.85. The predicted molar refractivity (Wildman–Crippen MR) is 47.4 cm³/mol. The van der Waals surface area contributed by atoms with E-state index in [1.54, 1.807) is 0 Å². The molecule has 2 nitrogen and oxygen atoms in total. The molecule has 0 bridgehead atoms. The van der Waals surface area contributed by atoms with Crippen LogP contribution in [0.15, 0.2) is 0 Å². The van der Waals surface area contributed by atoms with Gasteiger partial charge in [0.1, 0.15) is 0 Å². The van der Waals surface area contributed by atoms with Gasteiger partial charge in [0.25, 0.3) is 0 Å². The molecule has 0 aromatic heterocycles. The van der Waals surface area contributed by atoms with Crippen molar-refractivity contribution in [1.29, 1.82) is 0 Å². The van der Waals surface area contributed by atoms with E-state index in [-0.39, 0.29) is 11.3 Å². The van der Waals surface area contributed by atoms with Crippen molar-refractivity contribution in [2.24, 2.45) is 5.41 Å². The fourth-order valence-corrected chi connectivity index (χ4v) is 0.809. The molecule has 0 heterocycles. The van der Waals surface area contributed by atoms with E-state index in [2.05, 4.69) is 33.0 Å². The second-order valence-electron chi connectivity index (χ2n) is 4.09. The standard InChI is InChI=1S/C9H19NO/c1-5-6-10-8(11)7-9(2,3)4/h5-7H2,1-4H3,(H,10,11). The van der Waals surface area contributed by atoms with Gasteiger partial charge in [0.05, 0.1) is 0 Å². The molecule has 0 atom stereocenters. The third-order valence-electron chi connectivity index (χ3n) is 1.26. The Hall–Kier alpha value is -0.530. The molecule has 0 aromatic rings. The molecule has 0 saturated heterocycles. The largest absolute Gasteiger partial charge is 0.356 e. The number of hydrogen-bond acceptors (Lipinski definition) is 1. The molecule has 0 saturated carbocycles. The van der Waals surface area contributed by atoms with Crippen LogP contribution in [0.25, 0.3) is 0 Å². The first-order valence-electron chi connectivity index (χ1n) is 4.22. The molecule has 66 valence electrons. The van der Waals surface area contributed by atoms with Crippen LogP contribution in [0.3, 0.4) is 0 Å². The quantitative estimate of drug-likeness (QED) is 0.666. The lowest BCUT2D eigenvalue weighted by Crippen LogP contribution is -2.27. The van der Waals surface area contributed by atoms with Crippen LogP contribution in [-0.2, 0) is 4.79 Å². The van der Waals surface area contributed by atoms with E-state index < -0.39 is 0 Å². The normalized spacial score (nSPS) is 11.3. The van der Waals surface area contributed by atoms with E-state index in [0.29, 0.717) is 6.42 Å². The number of nitrogens with one attached hydrogen (secondary N) is 1. The Morgan fingerprint density at radius 2 is 1.91 bits per heavy atom. The van der Waals surface area contributed by atoms with Gasteiger partial charge in [-0.15, -0.1) is 0 Å². The zero-order valence-corrected chi connectivity index (χ0v) is 8.03. The summed E-state index contributed by atoms with van der Waals surface area (Å²) in [5.41, 5.74) is 0.109. The molecule has 11 heavy (non-hydrogen) atoms. The van der Waals surface area contributed by atoms with Crippen molar-refractivity contribution in [1.82, 2.24) is 5.32 Å². The molecule has 1 amide bonds. The summed E-state index contributed by atoms with van der Waals surface area (Å²) in [6.45, 7) is 9.06. The Kier molecular flexibility index (Phi) is 4.16. The Morgan fingerprint density at radius 1 is 1.36 bits per heavy atom. The lowest BCUT2D eigenvalue weighted by atomic mass is 9.92. The molecular weight excluding hydrogens is 138 g/mol. The van der Waals surface area contributed by atoms with Crippen molar-refractivity contribution in [3.05, 3.63) is 0 Å². The molecule has 0 aromatic carbocycles. The summed E-state index contributed by atoms with van der Waals surface area (Å²) in [5.74, 6) is 0.166. The lowest BCUT2D eigenvalue weighted by molar-refractivity contribution is -0.122. The highest BCUT2D eigenvalue weighted by atomic mass is 16.1. The van der Waals surface area contributed by atoms with Crippen molar-refractivity contribution in [3.8, 4) is 0 Å². The predicted octanol–water partition coefficient (Wildman–Crippen LogP) is 1.95. The molecule has 0 aliphatic rings. The van der Waals surface area contributed by atoms with Gasteiger partial charge < -0.3 is 5.32 Å². The average Bonchev–Trinajstić information content (AvgIpc) is 1.79. The number of carbonyl (C=O) groups is 1. The fraction of sp³-hybridized carbons (Fsp3) is 0.889. The fourth-order valence-electron chi connectivity index (χ4n) is 0.809. The van der Waals surface area contributed by atoms with Crippen LogP contribution >= 0.6 is 0 Å². The Morgan fingerprint density at radius 3 is 2.27 bits per heavy atom. The maximum Gasteiger partial charge on any atom is 0.220 e. The highest BCUT2D eigenvalue weighted by Gasteiger charge is 2.14. The summed E-state index contributed by atoms with van der Waals surface area (Å²) in [6, 6.07) is 0. The summed E-state index contributed by atoms with van der Waals surface area (Å²) in [4.78, 5) is 11.1. The average molecular weight is 157 g/mol. The SMILES string of the molecule is CCCNC(=O)CC(C)(C)C. The minimum absolute atomic E-state index is 0.109. The van der Waals surface area contributed by atoms with Crippen LogP contribution in [0, 0.1) is 5.41 Å². The van der Waals surface area contributed by atoms with Gasteiger partial charge in [-0.3, -0.25) is 4.79 Å². The molecule has 2 heteroatoms. The third kappa shape index (κ3) is 7.37. The van der Waals surface area contributed by atoms with Crippen LogP contribution in [0.4, 0.5) is 0 Å². The number of carbonyl (C=O) groups excluding carboxylic acids is 1. The smallest absolute Gasteiger partial charge is 0.220 e. The first-order chi connectivity index (χ1) is 4.95. The molecule has 0 rings (SSSR count). The van der Waals surface area contributed by atoms with Crippen LogP contribution in [0.2, 0.25) is 0 Å². The zero-order chi connectivity index (χ0) is 8.91. The van der Waals surface area contributed by atoms with Crippen LogP contribution < -0.4 is 5.32 Å². The van der Waals surface area contributed by atoms with Gasteiger partial charge in [0.2, 0.25) is 5.91 Å². The Balaban J connectivity index is 3.53. The van der Waals surface area contributed by atoms with E-state index in [0.717, 1.165) is 13.0 Å². The zero-order valence-electron chi connectivity index (χ0n) is 8.03. The van der Waals surface area contributed by atoms with Gasteiger partial charge in [-0.2, -0.15) is 0 Å². The molecule has 1 N–H and O–H groups in total. The Labute approximate surface area is 69.4 Å². The van der Waals surface area contributed by atoms with Crippen LogP contribution in [-0.4, -0.2) is 12.5 Å². The number of amides is 1. The van der Waals surface area contributed by atoms with Gasteiger partial charge in [-0.1, -0.05) is 27.7 Å². The van der Waals surface area contributed by atoms with Gasteiger partial charge in [0, 0.05) is 13.0 Å². The monoisotopic (exact) mass is 157 g/mol. The first-order valence-corrected chi connectivity index (χ1v) is 4.22. The molecule has 0 radical (unpaired) electrons. The number of hydrogen-bond donors (Lipinski definition) is 1. The topological polar surface area (TPSA) is 29.1 Å². The van der Waals surface area contributed by atoms with Crippen molar-refractivity contribution >= 4 is 5.91 Å². The second-order valence-corrected chi connectivity index (χ2v) is 4.09. The van der Waals surface area contributed by atoms with Crippen molar-refractivity contribution in [2.75, 3.05) is 6.54 Å². The minimum atomic E-state index is 0.109. The van der Waals surface area contributed by atoms with Gasteiger partial charge in [-0.25, -0.2) is 0 Å². The molecule has 0 aliphatic carbocycles. The first kappa shape index (κ1) is 10.5. The highest BCUT2D eigenvalue weighted by Crippen LogP contribution is 2.17. The van der Waals surface area contributed by atoms with Gasteiger partial charge in [-0.05, 0) is 11.8 Å². The maximum atomic E-state index is 11.1. The van der Waals surface area contributed by atoms with Crippen LogP contribution in [0.5, 0.6) is 0 Å². The molecular formula is C9H19NO. The van der Waals surface area contributed by atoms with Gasteiger partial charge >= 0.3 is 0 Å². The lowest BCUT2D eigenvalue weighted by Gasteiger charge is -2.16. The van der Waals surface area contributed by atoms with Gasteiger partial charge in [0.15, 0.2) is 0 Å². The molecule has 0 spiro atoms. The summed E-state index contributed by atoms with van der Waals surface area (Å²) >= 11 is 0. The molecule has 0 unspecified atom stereocenters. The van der Waals surface area contributed by atoms with E-state index in [4.69, 9.17) is 0 Å². The van der Waals surface area contributed by atoms with E-state index in [1.165, 1.54) is 0 Å². The Bertz CT molecular complexity index is 124. The van der Waals surface area contributed by atoms with E-state index in [9.17, 15) is 4.79 Å². The third-order valence-corrected chi connectivity index (χ3v) is 1.26. The minimum Gasteiger partial charge on any atom is -0.356 e. The van der Waals surface area contributed by atoms with Crippen molar-refractivity contribution in [3.63, 3.8) is 0 Å². The summed E-state index contributed by atoms with van der Waals surface area (Å²) < 4.78 is 0. The summed E-state index contributed by atoms with van der Waals surface area (Å²) in [7, 11) is 0. The summed E-state index contributed by atoms with van der Waals surface area (Å²) in [6.07, 6.45) is 1.63. The molecule has 0 aliphatic heterocycles. The van der Waals surface area contributed by atoms with Crippen molar-refractivity contribution in [2.45, 2.75) is 40.5 Å². The number of rotatable bonds is 3. The van der Waals surface area contributed by atoms with E-state index in [1.807, 2.05) is 0 Å².